The van der Waals surface area contributed by atoms with Crippen molar-refractivity contribution in [2.75, 3.05) is 13.2 Å². The number of pyridine rings is 1. The summed E-state index contributed by atoms with van der Waals surface area (Å²) in [5.41, 5.74) is 0.284. The summed E-state index contributed by atoms with van der Waals surface area (Å²) >= 11 is 3.18. The third kappa shape index (κ3) is 4.08. The van der Waals surface area contributed by atoms with Gasteiger partial charge in [-0.25, -0.2) is 4.79 Å². The van der Waals surface area contributed by atoms with Crippen LogP contribution in [-0.2, 0) is 9.53 Å². The van der Waals surface area contributed by atoms with Gasteiger partial charge in [-0.05, 0) is 28.9 Å². The van der Waals surface area contributed by atoms with Gasteiger partial charge in [-0.1, -0.05) is 0 Å². The average molecular weight is 317 g/mol. The summed E-state index contributed by atoms with van der Waals surface area (Å²) in [5.74, 6) is -1.17. The number of carbonyl (C=O) groups is 2. The highest BCUT2D eigenvalue weighted by Crippen LogP contribution is 2.09. The molecular weight excluding hydrogens is 304 g/mol. The predicted octanol–water partition coefficient (Wildman–Crippen LogP) is 0.498. The highest BCUT2D eigenvalue weighted by Gasteiger charge is 2.21. The largest absolute Gasteiger partial charge is 0.464 e. The Hall–Kier alpha value is -1.47. The van der Waals surface area contributed by atoms with Gasteiger partial charge in [0.25, 0.3) is 5.91 Å². The molecule has 0 bridgehead atoms. The molecule has 0 spiro atoms. The molecule has 1 aromatic heterocycles. The van der Waals surface area contributed by atoms with Crippen LogP contribution in [0.25, 0.3) is 0 Å². The van der Waals surface area contributed by atoms with Crippen molar-refractivity contribution < 1.29 is 19.4 Å². The molecule has 1 rings (SSSR count). The highest BCUT2D eigenvalue weighted by molar-refractivity contribution is 9.10. The van der Waals surface area contributed by atoms with E-state index in [1.54, 1.807) is 13.0 Å². The third-order valence-electron chi connectivity index (χ3n) is 2.03. The summed E-state index contributed by atoms with van der Waals surface area (Å²) in [6.07, 6.45) is 2.89. The van der Waals surface area contributed by atoms with Crippen molar-refractivity contribution in [3.05, 3.63) is 28.5 Å². The lowest BCUT2D eigenvalue weighted by Crippen LogP contribution is -2.44. The molecule has 1 atom stereocenters. The second-order valence-corrected chi connectivity index (χ2v) is 4.27. The fourth-order valence-corrected chi connectivity index (χ4v) is 1.56. The maximum Gasteiger partial charge on any atom is 0.331 e. The number of nitrogens with one attached hydrogen (secondary N) is 1. The van der Waals surface area contributed by atoms with Crippen LogP contribution < -0.4 is 5.32 Å². The Balaban J connectivity index is 2.70. The molecule has 0 aliphatic rings. The Morgan fingerprint density at radius 1 is 1.56 bits per heavy atom. The zero-order valence-corrected chi connectivity index (χ0v) is 11.3. The molecule has 0 radical (unpaired) electrons. The van der Waals surface area contributed by atoms with Crippen LogP contribution in [0.15, 0.2) is 22.9 Å². The Labute approximate surface area is 112 Å². The number of hydrogen-bond acceptors (Lipinski definition) is 5. The van der Waals surface area contributed by atoms with Gasteiger partial charge in [-0.2, -0.15) is 0 Å². The molecule has 1 heterocycles. The maximum atomic E-state index is 11.8. The van der Waals surface area contributed by atoms with E-state index in [9.17, 15) is 9.59 Å². The summed E-state index contributed by atoms with van der Waals surface area (Å²) in [5, 5.41) is 11.4. The van der Waals surface area contributed by atoms with Crippen LogP contribution in [0.1, 0.15) is 17.3 Å². The minimum Gasteiger partial charge on any atom is -0.464 e. The van der Waals surface area contributed by atoms with Crippen LogP contribution in [-0.4, -0.2) is 41.2 Å². The smallest absolute Gasteiger partial charge is 0.331 e. The molecule has 7 heteroatoms. The number of aliphatic hydroxyl groups excluding tert-OH is 1. The molecule has 1 aromatic rings. The first-order valence-corrected chi connectivity index (χ1v) is 6.06. The van der Waals surface area contributed by atoms with E-state index >= 15 is 0 Å². The number of aliphatic hydroxyl groups is 1. The molecule has 0 aliphatic carbocycles. The van der Waals surface area contributed by atoms with E-state index in [1.807, 2.05) is 0 Å². The summed E-state index contributed by atoms with van der Waals surface area (Å²) < 4.78 is 5.36. The van der Waals surface area contributed by atoms with Crippen LogP contribution in [0.3, 0.4) is 0 Å². The van der Waals surface area contributed by atoms with Crippen molar-refractivity contribution in [3.63, 3.8) is 0 Å². The standard InChI is InChI=1S/C11H13BrN2O4/c1-2-18-11(17)9(6-15)14-10(16)7-3-8(12)5-13-4-7/h3-5,9,15H,2,6H2,1H3,(H,14,16). The van der Waals surface area contributed by atoms with E-state index in [4.69, 9.17) is 9.84 Å². The molecule has 1 unspecified atom stereocenters. The molecule has 0 fully saturated rings. The van der Waals surface area contributed by atoms with Gasteiger partial charge < -0.3 is 15.2 Å². The first-order chi connectivity index (χ1) is 8.58. The van der Waals surface area contributed by atoms with E-state index in [0.717, 1.165) is 0 Å². The highest BCUT2D eigenvalue weighted by atomic mass is 79.9. The summed E-state index contributed by atoms with van der Waals surface area (Å²) in [4.78, 5) is 27.0. The van der Waals surface area contributed by atoms with Crippen molar-refractivity contribution in [3.8, 4) is 0 Å². The number of nitrogens with zero attached hydrogens (tertiary/aromatic N) is 1. The van der Waals surface area contributed by atoms with Crippen molar-refractivity contribution in [2.45, 2.75) is 13.0 Å². The number of carbonyl (C=O) groups excluding carboxylic acids is 2. The topological polar surface area (TPSA) is 88.5 Å². The van der Waals surface area contributed by atoms with Crippen molar-refractivity contribution in [1.82, 2.24) is 10.3 Å². The van der Waals surface area contributed by atoms with Crippen LogP contribution in [0, 0.1) is 0 Å². The zero-order chi connectivity index (χ0) is 13.5. The third-order valence-corrected chi connectivity index (χ3v) is 2.46. The van der Waals surface area contributed by atoms with Gasteiger partial charge in [-0.3, -0.25) is 9.78 Å². The van der Waals surface area contributed by atoms with Crippen molar-refractivity contribution in [1.29, 1.82) is 0 Å². The molecule has 98 valence electrons. The second-order valence-electron chi connectivity index (χ2n) is 3.35. The normalized spacial score (nSPS) is 11.7. The minimum atomic E-state index is -1.07. The van der Waals surface area contributed by atoms with Gasteiger partial charge in [0, 0.05) is 16.9 Å². The quantitative estimate of drug-likeness (QED) is 0.772. The van der Waals surface area contributed by atoms with E-state index in [-0.39, 0.29) is 12.2 Å². The van der Waals surface area contributed by atoms with Crippen LogP contribution in [0.2, 0.25) is 0 Å². The van der Waals surface area contributed by atoms with Crippen LogP contribution >= 0.6 is 15.9 Å². The lowest BCUT2D eigenvalue weighted by Gasteiger charge is -2.14. The van der Waals surface area contributed by atoms with Crippen molar-refractivity contribution >= 4 is 27.8 Å². The molecular formula is C11H13BrN2O4. The summed E-state index contributed by atoms with van der Waals surface area (Å²) in [7, 11) is 0. The Morgan fingerprint density at radius 2 is 2.28 bits per heavy atom. The lowest BCUT2D eigenvalue weighted by molar-refractivity contribution is -0.146. The van der Waals surface area contributed by atoms with Gasteiger partial charge >= 0.3 is 5.97 Å². The van der Waals surface area contributed by atoms with E-state index in [1.165, 1.54) is 12.4 Å². The Bertz CT molecular complexity index is 439. The van der Waals surface area contributed by atoms with Crippen LogP contribution in [0.5, 0.6) is 0 Å². The number of esters is 1. The SMILES string of the molecule is CCOC(=O)C(CO)NC(=O)c1cncc(Br)c1. The van der Waals surface area contributed by atoms with Gasteiger partial charge in [0.15, 0.2) is 6.04 Å². The predicted molar refractivity (Wildman–Crippen MR) is 66.9 cm³/mol. The Kier molecular flexibility index (Phi) is 5.73. The van der Waals surface area contributed by atoms with E-state index in [0.29, 0.717) is 4.47 Å². The number of aromatic nitrogens is 1. The van der Waals surface area contributed by atoms with Crippen LogP contribution in [0.4, 0.5) is 0 Å². The number of amides is 1. The number of hydrogen-bond donors (Lipinski definition) is 2. The number of halogens is 1. The number of rotatable bonds is 5. The molecule has 0 saturated carbocycles. The first-order valence-electron chi connectivity index (χ1n) is 5.27. The number of ether oxygens (including phenoxy) is 1. The molecule has 18 heavy (non-hydrogen) atoms. The average Bonchev–Trinajstić information content (AvgIpc) is 2.35. The fraction of sp³-hybridized carbons (Fsp3) is 0.364. The monoisotopic (exact) mass is 316 g/mol. The Morgan fingerprint density at radius 3 is 2.83 bits per heavy atom. The summed E-state index contributed by atoms with van der Waals surface area (Å²) in [6.45, 7) is 1.31. The van der Waals surface area contributed by atoms with Gasteiger partial charge in [0.05, 0.1) is 18.8 Å². The van der Waals surface area contributed by atoms with E-state index < -0.39 is 24.5 Å². The van der Waals surface area contributed by atoms with Gasteiger partial charge in [0.2, 0.25) is 0 Å². The molecule has 0 aliphatic heterocycles. The van der Waals surface area contributed by atoms with Gasteiger partial charge in [-0.15, -0.1) is 0 Å². The fourth-order valence-electron chi connectivity index (χ4n) is 1.20. The van der Waals surface area contributed by atoms with Gasteiger partial charge in [0.1, 0.15) is 0 Å². The second kappa shape index (κ2) is 7.07. The first kappa shape index (κ1) is 14.6. The lowest BCUT2D eigenvalue weighted by atomic mass is 10.2. The minimum absolute atomic E-state index is 0.184. The molecule has 6 nitrogen and oxygen atoms in total. The maximum absolute atomic E-state index is 11.8. The molecule has 0 saturated heterocycles. The van der Waals surface area contributed by atoms with E-state index in [2.05, 4.69) is 26.2 Å². The summed E-state index contributed by atoms with van der Waals surface area (Å²) in [6, 6.07) is 0.485. The zero-order valence-electron chi connectivity index (χ0n) is 9.72. The molecule has 0 aromatic carbocycles. The molecule has 2 N–H and O–H groups in total. The van der Waals surface area contributed by atoms with Crippen molar-refractivity contribution in [2.24, 2.45) is 0 Å². The molecule has 1 amide bonds.